The minimum atomic E-state index is -4.41. The largest absolute Gasteiger partial charge is 0.406 e. The van der Waals surface area contributed by atoms with E-state index in [0.29, 0.717) is 16.4 Å². The Morgan fingerprint density at radius 2 is 1.80 bits per heavy atom. The molecule has 0 spiro atoms. The predicted molar refractivity (Wildman–Crippen MR) is 69.1 cm³/mol. The molecule has 0 fully saturated rings. The third kappa shape index (κ3) is 5.25. The number of rotatable bonds is 4. The van der Waals surface area contributed by atoms with Gasteiger partial charge >= 0.3 is 6.18 Å². The number of aromatic nitrogens is 2. The lowest BCUT2D eigenvalue weighted by molar-refractivity contribution is -0.155. The van der Waals surface area contributed by atoms with Gasteiger partial charge in [0.15, 0.2) is 0 Å². The number of carbonyl (C=O) groups is 1. The first-order valence-corrected chi connectivity index (χ1v) is 5.68. The first kappa shape index (κ1) is 15.9. The molecule has 0 aliphatic rings. The zero-order valence-electron chi connectivity index (χ0n) is 11.3. The SMILES string of the molecule is CN(CC(F)(F)F)C(=O)/C=C/c1cnc(N(C)C)nc1. The Balaban J connectivity index is 2.65. The highest BCUT2D eigenvalue weighted by Gasteiger charge is 2.30. The van der Waals surface area contributed by atoms with Gasteiger partial charge in [0.25, 0.3) is 0 Å². The molecule has 0 aromatic carbocycles. The summed E-state index contributed by atoms with van der Waals surface area (Å²) in [5.41, 5.74) is 0.532. The first-order valence-electron chi connectivity index (χ1n) is 5.68. The number of hydrogen-bond donors (Lipinski definition) is 0. The number of amides is 1. The maximum Gasteiger partial charge on any atom is 0.406 e. The summed E-state index contributed by atoms with van der Waals surface area (Å²) in [5.74, 6) is -0.235. The van der Waals surface area contributed by atoms with Crippen molar-refractivity contribution < 1.29 is 18.0 Å². The van der Waals surface area contributed by atoms with Crippen LogP contribution in [0.3, 0.4) is 0 Å². The summed E-state index contributed by atoms with van der Waals surface area (Å²) in [5, 5.41) is 0. The van der Waals surface area contributed by atoms with Crippen LogP contribution in [0.4, 0.5) is 19.1 Å². The molecule has 0 atom stereocenters. The van der Waals surface area contributed by atoms with Crippen LogP contribution in [-0.4, -0.2) is 54.6 Å². The van der Waals surface area contributed by atoms with Crippen molar-refractivity contribution >= 4 is 17.9 Å². The van der Waals surface area contributed by atoms with Crippen molar-refractivity contribution in [3.8, 4) is 0 Å². The third-order valence-corrected chi connectivity index (χ3v) is 2.27. The van der Waals surface area contributed by atoms with Crippen LogP contribution in [0.15, 0.2) is 18.5 Å². The van der Waals surface area contributed by atoms with E-state index >= 15 is 0 Å². The predicted octanol–water partition coefficient (Wildman–Crippen LogP) is 1.58. The molecule has 0 N–H and O–H groups in total. The van der Waals surface area contributed by atoms with Crippen molar-refractivity contribution in [2.24, 2.45) is 0 Å². The summed E-state index contributed by atoms with van der Waals surface area (Å²) in [7, 11) is 4.65. The Hall–Kier alpha value is -2.12. The summed E-state index contributed by atoms with van der Waals surface area (Å²) < 4.78 is 36.3. The number of nitrogens with zero attached hydrogens (tertiary/aromatic N) is 4. The second-order valence-corrected chi connectivity index (χ2v) is 4.35. The van der Waals surface area contributed by atoms with E-state index in [0.717, 1.165) is 13.1 Å². The van der Waals surface area contributed by atoms with Gasteiger partial charge < -0.3 is 9.80 Å². The highest BCUT2D eigenvalue weighted by Crippen LogP contribution is 2.15. The molecule has 0 aliphatic heterocycles. The van der Waals surface area contributed by atoms with Crippen LogP contribution < -0.4 is 4.90 Å². The highest BCUT2D eigenvalue weighted by atomic mass is 19.4. The maximum absolute atomic E-state index is 12.1. The maximum atomic E-state index is 12.1. The van der Waals surface area contributed by atoms with E-state index in [2.05, 4.69) is 9.97 Å². The molecule has 1 aromatic rings. The lowest BCUT2D eigenvalue weighted by atomic mass is 10.3. The zero-order valence-corrected chi connectivity index (χ0v) is 11.3. The Morgan fingerprint density at radius 3 is 2.25 bits per heavy atom. The van der Waals surface area contributed by atoms with Gasteiger partial charge in [-0.15, -0.1) is 0 Å². The van der Waals surface area contributed by atoms with Gasteiger partial charge in [-0.05, 0) is 6.08 Å². The van der Waals surface area contributed by atoms with Crippen LogP contribution in [0.5, 0.6) is 0 Å². The van der Waals surface area contributed by atoms with Crippen LogP contribution in [0.2, 0.25) is 0 Å². The quantitative estimate of drug-likeness (QED) is 0.789. The second kappa shape index (κ2) is 6.36. The second-order valence-electron chi connectivity index (χ2n) is 4.35. The van der Waals surface area contributed by atoms with Crippen molar-refractivity contribution in [2.45, 2.75) is 6.18 Å². The lowest BCUT2D eigenvalue weighted by Gasteiger charge is -2.16. The summed E-state index contributed by atoms with van der Waals surface area (Å²) in [4.78, 5) is 21.8. The van der Waals surface area contributed by atoms with Crippen LogP contribution >= 0.6 is 0 Å². The van der Waals surface area contributed by atoms with E-state index in [4.69, 9.17) is 0 Å². The topological polar surface area (TPSA) is 49.3 Å². The average Bonchev–Trinajstić information content (AvgIpc) is 2.34. The van der Waals surface area contributed by atoms with Gasteiger partial charge in [0.05, 0.1) is 0 Å². The molecule has 0 radical (unpaired) electrons. The summed E-state index contributed by atoms with van der Waals surface area (Å²) in [6.07, 6.45) is 0.981. The van der Waals surface area contributed by atoms with Gasteiger partial charge in [-0.1, -0.05) is 0 Å². The lowest BCUT2D eigenvalue weighted by Crippen LogP contribution is -2.34. The summed E-state index contributed by atoms with van der Waals surface area (Å²) >= 11 is 0. The number of carbonyl (C=O) groups excluding carboxylic acids is 1. The van der Waals surface area contributed by atoms with E-state index in [9.17, 15) is 18.0 Å². The Bertz CT molecular complexity index is 482. The average molecular weight is 288 g/mol. The fourth-order valence-electron chi connectivity index (χ4n) is 1.29. The van der Waals surface area contributed by atoms with Gasteiger partial charge in [-0.3, -0.25) is 4.79 Å². The van der Waals surface area contributed by atoms with Crippen LogP contribution in [0.1, 0.15) is 5.56 Å². The zero-order chi connectivity index (χ0) is 15.3. The number of anilines is 1. The third-order valence-electron chi connectivity index (χ3n) is 2.27. The first-order chi connectivity index (χ1) is 9.19. The molecule has 0 bridgehead atoms. The molecule has 1 rings (SSSR count). The van der Waals surface area contributed by atoms with Crippen LogP contribution in [-0.2, 0) is 4.79 Å². The standard InChI is InChI=1S/C12H15F3N4O/c1-18(2)11-16-6-9(7-17-11)4-5-10(20)19(3)8-12(13,14)15/h4-7H,8H2,1-3H3/b5-4+. The molecule has 5 nitrogen and oxygen atoms in total. The van der Waals surface area contributed by atoms with E-state index < -0.39 is 18.6 Å². The fourth-order valence-corrected chi connectivity index (χ4v) is 1.29. The van der Waals surface area contributed by atoms with Gasteiger partial charge in [-0.25, -0.2) is 9.97 Å². The minimum absolute atomic E-state index is 0.502. The minimum Gasteiger partial charge on any atom is -0.347 e. The molecular weight excluding hydrogens is 273 g/mol. The molecule has 1 aromatic heterocycles. The summed E-state index contributed by atoms with van der Waals surface area (Å²) in [6.45, 7) is -1.29. The van der Waals surface area contributed by atoms with Crippen molar-refractivity contribution in [1.29, 1.82) is 0 Å². The normalized spacial score (nSPS) is 11.7. The van der Waals surface area contributed by atoms with Gasteiger partial charge in [-0.2, -0.15) is 13.2 Å². The molecule has 0 saturated carbocycles. The number of hydrogen-bond acceptors (Lipinski definition) is 4. The number of likely N-dealkylation sites (N-methyl/N-ethyl adjacent to an activating group) is 1. The Morgan fingerprint density at radius 1 is 1.25 bits per heavy atom. The van der Waals surface area contributed by atoms with Crippen LogP contribution in [0.25, 0.3) is 6.08 Å². The molecule has 110 valence electrons. The highest BCUT2D eigenvalue weighted by molar-refractivity contribution is 5.91. The smallest absolute Gasteiger partial charge is 0.347 e. The van der Waals surface area contributed by atoms with Gasteiger partial charge in [0, 0.05) is 45.2 Å². The van der Waals surface area contributed by atoms with Gasteiger partial charge in [0.1, 0.15) is 6.54 Å². The van der Waals surface area contributed by atoms with Crippen molar-refractivity contribution in [2.75, 3.05) is 32.6 Å². The molecular formula is C12H15F3N4O. The molecule has 0 unspecified atom stereocenters. The molecule has 20 heavy (non-hydrogen) atoms. The van der Waals surface area contributed by atoms with E-state index in [-0.39, 0.29) is 0 Å². The number of alkyl halides is 3. The summed E-state index contributed by atoms with van der Waals surface area (Å²) in [6, 6.07) is 0. The van der Waals surface area contributed by atoms with Crippen LogP contribution in [0, 0.1) is 0 Å². The molecule has 1 amide bonds. The Labute approximate surface area is 114 Å². The molecule has 8 heteroatoms. The molecule has 0 saturated heterocycles. The Kier molecular flexibility index (Phi) is 5.06. The van der Waals surface area contributed by atoms with Crippen molar-refractivity contribution in [3.05, 3.63) is 24.0 Å². The molecule has 1 heterocycles. The van der Waals surface area contributed by atoms with Crippen molar-refractivity contribution in [1.82, 2.24) is 14.9 Å². The number of halogens is 3. The van der Waals surface area contributed by atoms with E-state index in [1.165, 1.54) is 18.5 Å². The monoisotopic (exact) mass is 288 g/mol. The fraction of sp³-hybridized carbons (Fsp3) is 0.417. The van der Waals surface area contributed by atoms with E-state index in [1.54, 1.807) is 19.0 Å². The van der Waals surface area contributed by atoms with Crippen molar-refractivity contribution in [3.63, 3.8) is 0 Å². The van der Waals surface area contributed by atoms with Gasteiger partial charge in [0.2, 0.25) is 11.9 Å². The van der Waals surface area contributed by atoms with E-state index in [1.807, 2.05) is 0 Å². The molecule has 0 aliphatic carbocycles.